The molecule has 2 atom stereocenters. The van der Waals surface area contributed by atoms with Crippen LogP contribution in [0.4, 0.5) is 0 Å². The molecule has 0 fully saturated rings. The third kappa shape index (κ3) is 3.39. The maximum atomic E-state index is 4.60. The average Bonchev–Trinajstić information content (AvgIpc) is 2.70. The van der Waals surface area contributed by atoms with Gasteiger partial charge in [0.05, 0.1) is 0 Å². The monoisotopic (exact) mass is 269 g/mol. The van der Waals surface area contributed by atoms with Crippen LogP contribution < -0.4 is 0 Å². The Balaban J connectivity index is 0.000000704. The molecule has 1 heteroatoms. The molecule has 0 spiro atoms. The lowest BCUT2D eigenvalue weighted by Gasteiger charge is -2.18. The lowest BCUT2D eigenvalue weighted by molar-refractivity contribution is 0.528. The first-order valence-electron chi connectivity index (χ1n) is 8.15. The van der Waals surface area contributed by atoms with Gasteiger partial charge in [-0.3, -0.25) is 4.98 Å². The fraction of sp³-hybridized carbons (Fsp3) is 0.526. The van der Waals surface area contributed by atoms with E-state index in [1.54, 1.807) is 5.57 Å². The summed E-state index contributed by atoms with van der Waals surface area (Å²) in [6.45, 7) is 6.32. The number of nitrogens with zero attached hydrogens (tertiary/aromatic N) is 1. The van der Waals surface area contributed by atoms with Crippen LogP contribution in [0, 0.1) is 5.92 Å². The molecule has 0 bridgehead atoms. The quantitative estimate of drug-likeness (QED) is 0.619. The zero-order chi connectivity index (χ0) is 14.4. The summed E-state index contributed by atoms with van der Waals surface area (Å²) >= 11 is 0. The van der Waals surface area contributed by atoms with Gasteiger partial charge in [-0.05, 0) is 61.1 Å². The summed E-state index contributed by atoms with van der Waals surface area (Å²) in [6.07, 6.45) is 15.2. The predicted molar refractivity (Wildman–Crippen MR) is 86.9 cm³/mol. The van der Waals surface area contributed by atoms with E-state index in [0.29, 0.717) is 11.8 Å². The zero-order valence-corrected chi connectivity index (χ0v) is 13.1. The number of hydrogen-bond donors (Lipinski definition) is 0. The SMILES string of the molecule is CC.C[C@@H]1CC[C@@H](C2=CCCC=C2)Cc2cccnc21. The van der Waals surface area contributed by atoms with Gasteiger partial charge in [0.1, 0.15) is 0 Å². The topological polar surface area (TPSA) is 12.9 Å². The van der Waals surface area contributed by atoms with Crippen LogP contribution >= 0.6 is 0 Å². The standard InChI is InChI=1S/C17H21N.C2H6/c1-13-9-10-15(14-6-3-2-4-7-14)12-16-8-5-11-18-17(13)16;1-2/h3,5-8,11,13,15H,2,4,9-10,12H2,1H3;1-2H3/t13-,15-;/m1./s1. The van der Waals surface area contributed by atoms with Gasteiger partial charge in [0.15, 0.2) is 0 Å². The lowest BCUT2D eigenvalue weighted by atomic mass is 9.87. The molecule has 0 aromatic carbocycles. The lowest BCUT2D eigenvalue weighted by Crippen LogP contribution is -2.07. The summed E-state index contributed by atoms with van der Waals surface area (Å²) < 4.78 is 0. The van der Waals surface area contributed by atoms with E-state index < -0.39 is 0 Å². The van der Waals surface area contributed by atoms with Gasteiger partial charge in [-0.25, -0.2) is 0 Å². The minimum absolute atomic E-state index is 0.611. The number of aromatic nitrogens is 1. The van der Waals surface area contributed by atoms with Gasteiger partial charge < -0.3 is 0 Å². The molecule has 0 N–H and O–H groups in total. The Labute approximate surface area is 123 Å². The molecule has 2 aliphatic rings. The Morgan fingerprint density at radius 3 is 2.75 bits per heavy atom. The van der Waals surface area contributed by atoms with Crippen molar-refractivity contribution in [2.45, 2.75) is 58.8 Å². The molecule has 0 aliphatic heterocycles. The summed E-state index contributed by atoms with van der Waals surface area (Å²) in [4.78, 5) is 4.60. The summed E-state index contributed by atoms with van der Waals surface area (Å²) in [7, 11) is 0. The Bertz CT molecular complexity index is 484. The van der Waals surface area contributed by atoms with Gasteiger partial charge in [0, 0.05) is 11.9 Å². The number of hydrogen-bond acceptors (Lipinski definition) is 1. The molecule has 0 unspecified atom stereocenters. The second-order valence-electron chi connectivity index (χ2n) is 5.61. The van der Waals surface area contributed by atoms with Crippen LogP contribution in [0.5, 0.6) is 0 Å². The largest absolute Gasteiger partial charge is 0.261 e. The summed E-state index contributed by atoms with van der Waals surface area (Å²) in [5.74, 6) is 1.31. The van der Waals surface area contributed by atoms with Gasteiger partial charge in [-0.2, -0.15) is 0 Å². The minimum Gasteiger partial charge on any atom is -0.261 e. The van der Waals surface area contributed by atoms with Gasteiger partial charge in [0.25, 0.3) is 0 Å². The van der Waals surface area contributed by atoms with Gasteiger partial charge in [-0.15, -0.1) is 0 Å². The normalized spacial score (nSPS) is 24.9. The smallest absolute Gasteiger partial charge is 0.0463 e. The molecule has 1 aromatic rings. The minimum atomic E-state index is 0.611. The van der Waals surface area contributed by atoms with Crippen LogP contribution in [-0.4, -0.2) is 4.98 Å². The molecule has 20 heavy (non-hydrogen) atoms. The Morgan fingerprint density at radius 2 is 2.00 bits per heavy atom. The second-order valence-corrected chi connectivity index (χ2v) is 5.61. The molecule has 1 heterocycles. The van der Waals surface area contributed by atoms with Crippen LogP contribution in [0.1, 0.15) is 63.6 Å². The highest BCUT2D eigenvalue weighted by Crippen LogP contribution is 2.35. The molecule has 108 valence electrons. The van der Waals surface area contributed by atoms with E-state index in [1.165, 1.54) is 43.4 Å². The molecular weight excluding hydrogens is 242 g/mol. The van der Waals surface area contributed by atoms with Crippen molar-refractivity contribution in [3.05, 3.63) is 53.4 Å². The highest BCUT2D eigenvalue weighted by Gasteiger charge is 2.23. The molecule has 0 amide bonds. The van der Waals surface area contributed by atoms with E-state index in [-0.39, 0.29) is 0 Å². The van der Waals surface area contributed by atoms with Gasteiger partial charge >= 0.3 is 0 Å². The number of fused-ring (bicyclic) bond motifs is 1. The van der Waals surface area contributed by atoms with Gasteiger partial charge in [-0.1, -0.05) is 45.1 Å². The first-order valence-corrected chi connectivity index (χ1v) is 8.15. The average molecular weight is 269 g/mol. The van der Waals surface area contributed by atoms with E-state index in [0.717, 1.165) is 0 Å². The van der Waals surface area contributed by atoms with Crippen LogP contribution in [-0.2, 0) is 6.42 Å². The third-order valence-corrected chi connectivity index (χ3v) is 4.30. The van der Waals surface area contributed by atoms with E-state index in [1.807, 2.05) is 20.0 Å². The number of rotatable bonds is 1. The summed E-state index contributed by atoms with van der Waals surface area (Å²) in [6, 6.07) is 4.35. The second kappa shape index (κ2) is 7.42. The van der Waals surface area contributed by atoms with Crippen molar-refractivity contribution in [3.8, 4) is 0 Å². The molecule has 0 radical (unpaired) electrons. The third-order valence-electron chi connectivity index (χ3n) is 4.30. The van der Waals surface area contributed by atoms with Crippen molar-refractivity contribution in [2.24, 2.45) is 5.92 Å². The van der Waals surface area contributed by atoms with E-state index in [2.05, 4.69) is 42.3 Å². The molecule has 0 saturated heterocycles. The van der Waals surface area contributed by atoms with Gasteiger partial charge in [0.2, 0.25) is 0 Å². The first-order chi connectivity index (χ1) is 9.84. The van der Waals surface area contributed by atoms with Crippen molar-refractivity contribution in [2.75, 3.05) is 0 Å². The molecule has 1 nitrogen and oxygen atoms in total. The zero-order valence-electron chi connectivity index (χ0n) is 13.1. The van der Waals surface area contributed by atoms with Crippen molar-refractivity contribution in [1.29, 1.82) is 0 Å². The van der Waals surface area contributed by atoms with Crippen molar-refractivity contribution < 1.29 is 0 Å². The van der Waals surface area contributed by atoms with Crippen LogP contribution in [0.15, 0.2) is 42.1 Å². The fourth-order valence-electron chi connectivity index (χ4n) is 3.24. The Morgan fingerprint density at radius 1 is 1.15 bits per heavy atom. The maximum absolute atomic E-state index is 4.60. The summed E-state index contributed by atoms with van der Waals surface area (Å²) in [5.41, 5.74) is 4.36. The highest BCUT2D eigenvalue weighted by atomic mass is 14.7. The fourth-order valence-corrected chi connectivity index (χ4v) is 3.24. The molecule has 0 saturated carbocycles. The molecule has 3 rings (SSSR count). The Hall–Kier alpha value is -1.37. The predicted octanol–water partition coefficient (Wildman–Crippen LogP) is 5.44. The van der Waals surface area contributed by atoms with Crippen molar-refractivity contribution >= 4 is 0 Å². The molecule has 2 aliphatic carbocycles. The number of pyridine rings is 1. The molecular formula is C19H27N. The maximum Gasteiger partial charge on any atom is 0.0463 e. The van der Waals surface area contributed by atoms with Crippen molar-refractivity contribution in [1.82, 2.24) is 4.98 Å². The van der Waals surface area contributed by atoms with Crippen LogP contribution in [0.3, 0.4) is 0 Å². The van der Waals surface area contributed by atoms with Crippen LogP contribution in [0.2, 0.25) is 0 Å². The van der Waals surface area contributed by atoms with E-state index in [9.17, 15) is 0 Å². The highest BCUT2D eigenvalue weighted by molar-refractivity contribution is 5.31. The van der Waals surface area contributed by atoms with E-state index in [4.69, 9.17) is 0 Å². The van der Waals surface area contributed by atoms with Crippen LogP contribution in [0.25, 0.3) is 0 Å². The Kier molecular flexibility index (Phi) is 5.58. The van der Waals surface area contributed by atoms with E-state index >= 15 is 0 Å². The molecule has 1 aromatic heterocycles. The number of allylic oxidation sites excluding steroid dienone is 4. The summed E-state index contributed by atoms with van der Waals surface area (Å²) in [5, 5.41) is 0. The first kappa shape index (κ1) is 15.0. The van der Waals surface area contributed by atoms with Crippen molar-refractivity contribution in [3.63, 3.8) is 0 Å².